The standard InChI is InChI=1S/C23H32FN3O3S/c1-3-19-31(28,29)27(20-9-11-21(30-2)12-10-20)14-6-13-25-15-17-26(18-16-25)23-8-5-4-7-22(23)24/h4-5,7-12H,3,6,13-19H2,1-2H3. The molecule has 0 amide bonds. The summed E-state index contributed by atoms with van der Waals surface area (Å²) >= 11 is 0. The smallest absolute Gasteiger partial charge is 0.235 e. The first kappa shape index (κ1) is 23.3. The first-order valence-corrected chi connectivity index (χ1v) is 12.4. The highest BCUT2D eigenvalue weighted by atomic mass is 32.2. The van der Waals surface area contributed by atoms with E-state index in [1.54, 1.807) is 37.4 Å². The molecule has 0 spiro atoms. The summed E-state index contributed by atoms with van der Waals surface area (Å²) in [5.74, 6) is 0.636. The molecule has 8 heteroatoms. The summed E-state index contributed by atoms with van der Waals surface area (Å²) in [6.07, 6.45) is 1.31. The number of rotatable bonds is 10. The topological polar surface area (TPSA) is 53.1 Å². The molecule has 6 nitrogen and oxygen atoms in total. The first-order valence-electron chi connectivity index (χ1n) is 10.8. The van der Waals surface area contributed by atoms with Crippen LogP contribution in [0.1, 0.15) is 19.8 Å². The molecule has 0 saturated carbocycles. The fourth-order valence-electron chi connectivity index (χ4n) is 3.90. The van der Waals surface area contributed by atoms with E-state index in [-0.39, 0.29) is 11.6 Å². The molecule has 2 aromatic rings. The molecular formula is C23H32FN3O3S. The molecule has 3 rings (SSSR count). The molecule has 0 aliphatic carbocycles. The van der Waals surface area contributed by atoms with E-state index in [9.17, 15) is 12.8 Å². The average Bonchev–Trinajstić information content (AvgIpc) is 2.77. The van der Waals surface area contributed by atoms with Gasteiger partial charge in [0.1, 0.15) is 11.6 Å². The van der Waals surface area contributed by atoms with Gasteiger partial charge in [0.2, 0.25) is 10.0 Å². The second-order valence-electron chi connectivity index (χ2n) is 7.72. The molecule has 1 aliphatic heterocycles. The molecule has 0 unspecified atom stereocenters. The lowest BCUT2D eigenvalue weighted by Crippen LogP contribution is -2.47. The van der Waals surface area contributed by atoms with Crippen LogP contribution in [-0.4, -0.2) is 65.4 Å². The summed E-state index contributed by atoms with van der Waals surface area (Å²) in [7, 11) is -1.78. The van der Waals surface area contributed by atoms with Crippen LogP contribution in [0.25, 0.3) is 0 Å². The maximum Gasteiger partial charge on any atom is 0.235 e. The number of sulfonamides is 1. The predicted molar refractivity (Wildman–Crippen MR) is 124 cm³/mol. The van der Waals surface area contributed by atoms with Gasteiger partial charge in [0.05, 0.1) is 24.2 Å². The van der Waals surface area contributed by atoms with E-state index in [0.717, 1.165) is 39.1 Å². The highest BCUT2D eigenvalue weighted by Gasteiger charge is 2.23. The minimum Gasteiger partial charge on any atom is -0.497 e. The Balaban J connectivity index is 1.56. The van der Waals surface area contributed by atoms with E-state index in [0.29, 0.717) is 30.1 Å². The Morgan fingerprint density at radius 1 is 1.03 bits per heavy atom. The second-order valence-corrected chi connectivity index (χ2v) is 9.73. The van der Waals surface area contributed by atoms with Crippen molar-refractivity contribution >= 4 is 21.4 Å². The van der Waals surface area contributed by atoms with Crippen molar-refractivity contribution in [2.75, 3.05) is 61.3 Å². The Morgan fingerprint density at radius 3 is 2.32 bits per heavy atom. The summed E-state index contributed by atoms with van der Waals surface area (Å²) in [4.78, 5) is 4.39. The third kappa shape index (κ3) is 6.11. The van der Waals surface area contributed by atoms with E-state index in [1.165, 1.54) is 10.4 Å². The number of halogens is 1. The van der Waals surface area contributed by atoms with Crippen LogP contribution in [0, 0.1) is 5.82 Å². The van der Waals surface area contributed by atoms with Crippen LogP contribution in [-0.2, 0) is 10.0 Å². The Morgan fingerprint density at radius 2 is 1.71 bits per heavy atom. The van der Waals surface area contributed by atoms with E-state index in [4.69, 9.17) is 4.74 Å². The first-order chi connectivity index (χ1) is 14.9. The molecule has 0 radical (unpaired) electrons. The highest BCUT2D eigenvalue weighted by Crippen LogP contribution is 2.23. The van der Waals surface area contributed by atoms with E-state index in [1.807, 2.05) is 19.1 Å². The number of hydrogen-bond acceptors (Lipinski definition) is 5. The molecule has 1 fully saturated rings. The number of methoxy groups -OCH3 is 1. The lowest BCUT2D eigenvalue weighted by atomic mass is 10.2. The second kappa shape index (κ2) is 10.8. The Bertz CT molecular complexity index is 929. The van der Waals surface area contributed by atoms with Crippen molar-refractivity contribution < 1.29 is 17.5 Å². The summed E-state index contributed by atoms with van der Waals surface area (Å²) in [5.41, 5.74) is 1.32. The van der Waals surface area contributed by atoms with E-state index in [2.05, 4.69) is 9.80 Å². The summed E-state index contributed by atoms with van der Waals surface area (Å²) < 4.78 is 46.4. The van der Waals surface area contributed by atoms with Crippen LogP contribution in [0.2, 0.25) is 0 Å². The van der Waals surface area contributed by atoms with Crippen LogP contribution in [0.3, 0.4) is 0 Å². The summed E-state index contributed by atoms with van der Waals surface area (Å²) in [6, 6.07) is 14.0. The minimum atomic E-state index is -3.37. The van der Waals surface area contributed by atoms with Crippen molar-refractivity contribution in [2.24, 2.45) is 0 Å². The average molecular weight is 450 g/mol. The van der Waals surface area contributed by atoms with Gasteiger partial charge in [0.25, 0.3) is 0 Å². The van der Waals surface area contributed by atoms with Crippen molar-refractivity contribution in [1.29, 1.82) is 0 Å². The van der Waals surface area contributed by atoms with Crippen LogP contribution in [0.15, 0.2) is 48.5 Å². The summed E-state index contributed by atoms with van der Waals surface area (Å²) in [6.45, 7) is 6.30. The van der Waals surface area contributed by atoms with Crippen molar-refractivity contribution in [2.45, 2.75) is 19.8 Å². The maximum absolute atomic E-state index is 14.0. The number of nitrogens with zero attached hydrogens (tertiary/aromatic N) is 3. The van der Waals surface area contributed by atoms with Gasteiger partial charge in [-0.2, -0.15) is 0 Å². The van der Waals surface area contributed by atoms with Gasteiger partial charge in [0.15, 0.2) is 0 Å². The largest absolute Gasteiger partial charge is 0.497 e. The number of para-hydroxylation sites is 1. The number of anilines is 2. The Hall–Kier alpha value is -2.32. The zero-order valence-corrected chi connectivity index (χ0v) is 19.2. The Kier molecular flexibility index (Phi) is 8.15. The Labute approximate surface area is 185 Å². The van der Waals surface area contributed by atoms with Gasteiger partial charge >= 0.3 is 0 Å². The molecule has 2 aromatic carbocycles. The van der Waals surface area contributed by atoms with E-state index >= 15 is 0 Å². The quantitative estimate of drug-likeness (QED) is 0.555. The number of benzene rings is 2. The van der Waals surface area contributed by atoms with Gasteiger partial charge in [-0.1, -0.05) is 19.1 Å². The summed E-state index contributed by atoms with van der Waals surface area (Å²) in [5, 5.41) is 0. The SMILES string of the molecule is CCCS(=O)(=O)N(CCCN1CCN(c2ccccc2F)CC1)c1ccc(OC)cc1. The molecule has 0 N–H and O–H groups in total. The molecule has 0 bridgehead atoms. The van der Waals surface area contributed by atoms with Crippen LogP contribution >= 0.6 is 0 Å². The van der Waals surface area contributed by atoms with Gasteiger partial charge in [-0.25, -0.2) is 12.8 Å². The van der Waals surface area contributed by atoms with Crippen LogP contribution in [0.5, 0.6) is 5.75 Å². The van der Waals surface area contributed by atoms with Gasteiger partial charge in [-0.15, -0.1) is 0 Å². The number of ether oxygens (including phenoxy) is 1. The minimum absolute atomic E-state index is 0.125. The molecular weight excluding hydrogens is 417 g/mol. The molecule has 31 heavy (non-hydrogen) atoms. The molecule has 1 aliphatic rings. The fourth-order valence-corrected chi connectivity index (χ4v) is 5.49. The predicted octanol–water partition coefficient (Wildman–Crippen LogP) is 3.59. The van der Waals surface area contributed by atoms with Crippen LogP contribution in [0.4, 0.5) is 15.8 Å². The fraction of sp³-hybridized carbons (Fsp3) is 0.478. The molecule has 1 heterocycles. The van der Waals surface area contributed by atoms with Gasteiger partial charge in [0, 0.05) is 39.3 Å². The highest BCUT2D eigenvalue weighted by molar-refractivity contribution is 7.92. The lowest BCUT2D eigenvalue weighted by molar-refractivity contribution is 0.256. The van der Waals surface area contributed by atoms with Crippen molar-refractivity contribution in [3.05, 3.63) is 54.3 Å². The number of piperazine rings is 1. The van der Waals surface area contributed by atoms with Gasteiger partial charge in [-0.05, 0) is 49.2 Å². The number of hydrogen-bond donors (Lipinski definition) is 0. The third-order valence-corrected chi connectivity index (χ3v) is 7.55. The monoisotopic (exact) mass is 449 g/mol. The van der Waals surface area contributed by atoms with Crippen molar-refractivity contribution in [1.82, 2.24) is 4.90 Å². The maximum atomic E-state index is 14.0. The molecule has 170 valence electrons. The van der Waals surface area contributed by atoms with Gasteiger partial charge < -0.3 is 9.64 Å². The third-order valence-electron chi connectivity index (χ3n) is 5.56. The van der Waals surface area contributed by atoms with Crippen LogP contribution < -0.4 is 13.9 Å². The van der Waals surface area contributed by atoms with Crippen molar-refractivity contribution in [3.8, 4) is 5.75 Å². The lowest BCUT2D eigenvalue weighted by Gasteiger charge is -2.36. The molecule has 0 aromatic heterocycles. The van der Waals surface area contributed by atoms with E-state index < -0.39 is 10.0 Å². The molecule has 0 atom stereocenters. The zero-order valence-electron chi connectivity index (χ0n) is 18.3. The van der Waals surface area contributed by atoms with Crippen molar-refractivity contribution in [3.63, 3.8) is 0 Å². The zero-order chi connectivity index (χ0) is 22.3. The normalized spacial score (nSPS) is 15.1. The van der Waals surface area contributed by atoms with Gasteiger partial charge in [-0.3, -0.25) is 9.21 Å². The molecule has 1 saturated heterocycles.